The Kier molecular flexibility index (Phi) is 6.20. The molecule has 0 aromatic heterocycles. The lowest BCUT2D eigenvalue weighted by molar-refractivity contribution is 0.286. The quantitative estimate of drug-likeness (QED) is 0.236. The molecule has 4 aliphatic heterocycles. The number of fused-ring (bicyclic) bond motifs is 4. The minimum Gasteiger partial charge on any atom is -0.0804 e. The highest BCUT2D eigenvalue weighted by molar-refractivity contribution is 8.45. The SMILES string of the molecule is CC(C)C1CC2C=C[C@H]1c1cc3c(cc12)SC1=C(SC(=C2SC4=C(S2)Sc2cc5ccccc5cc2S4)S1)S3. The molecule has 0 amide bonds. The second-order valence-electron chi connectivity index (χ2n) is 10.8. The molecule has 3 aromatic carbocycles. The van der Waals surface area contributed by atoms with Crippen molar-refractivity contribution in [3.8, 4) is 0 Å². The van der Waals surface area contributed by atoms with Gasteiger partial charge in [-0.15, -0.1) is 0 Å². The first-order valence-corrected chi connectivity index (χ1v) is 19.6. The van der Waals surface area contributed by atoms with E-state index in [1.165, 1.54) is 62.2 Å². The molecule has 0 fully saturated rings. The molecule has 3 aliphatic carbocycles. The molecule has 8 heteroatoms. The van der Waals surface area contributed by atoms with Crippen LogP contribution in [0.25, 0.3) is 10.8 Å². The van der Waals surface area contributed by atoms with E-state index in [1.54, 1.807) is 11.1 Å². The molecule has 0 spiro atoms. The number of thioether (sulfide) groups is 8. The average molecular weight is 651 g/mol. The fraction of sp³-hybridized carbons (Fsp3) is 0.226. The molecule has 3 aromatic rings. The monoisotopic (exact) mass is 650 g/mol. The van der Waals surface area contributed by atoms with Gasteiger partial charge in [0, 0.05) is 31.4 Å². The lowest BCUT2D eigenvalue weighted by Gasteiger charge is -2.42. The summed E-state index contributed by atoms with van der Waals surface area (Å²) >= 11 is 16.0. The zero-order valence-corrected chi connectivity index (χ0v) is 27.6. The predicted octanol–water partition coefficient (Wildman–Crippen LogP) is 12.7. The van der Waals surface area contributed by atoms with Gasteiger partial charge in [-0.1, -0.05) is 144 Å². The summed E-state index contributed by atoms with van der Waals surface area (Å²) in [7, 11) is 0. The van der Waals surface area contributed by atoms with Crippen LogP contribution in [-0.2, 0) is 0 Å². The molecular formula is C31H22S8. The third-order valence-corrected chi connectivity index (χ3v) is 19.9. The number of rotatable bonds is 1. The maximum absolute atomic E-state index is 2.56. The van der Waals surface area contributed by atoms with Crippen LogP contribution in [0.15, 0.2) is 106 Å². The van der Waals surface area contributed by atoms with E-state index in [0.717, 1.165) is 11.8 Å². The summed E-state index contributed by atoms with van der Waals surface area (Å²) in [4.78, 5) is 5.74. The van der Waals surface area contributed by atoms with Crippen molar-refractivity contribution in [2.24, 2.45) is 11.8 Å². The Labute approximate surface area is 263 Å². The van der Waals surface area contributed by atoms with Crippen LogP contribution < -0.4 is 0 Å². The van der Waals surface area contributed by atoms with Gasteiger partial charge in [0.05, 0.1) is 25.4 Å². The third-order valence-electron chi connectivity index (χ3n) is 8.17. The smallest absolute Gasteiger partial charge is 0.0718 e. The maximum Gasteiger partial charge on any atom is 0.0718 e. The first kappa shape index (κ1) is 25.2. The van der Waals surface area contributed by atoms with Gasteiger partial charge in [-0.3, -0.25) is 0 Å². The second kappa shape index (κ2) is 9.60. The van der Waals surface area contributed by atoms with E-state index in [2.05, 4.69) is 74.5 Å². The number of hydrogen-bond acceptors (Lipinski definition) is 8. The number of benzene rings is 3. The fourth-order valence-corrected chi connectivity index (χ4v) is 18.3. The molecular weight excluding hydrogens is 629 g/mol. The highest BCUT2D eigenvalue weighted by Crippen LogP contribution is 2.71. The van der Waals surface area contributed by atoms with E-state index >= 15 is 0 Å². The largest absolute Gasteiger partial charge is 0.0804 e. The summed E-state index contributed by atoms with van der Waals surface area (Å²) < 4.78 is 8.82. The molecule has 3 atom stereocenters. The number of allylic oxidation sites excluding steroid dienone is 2. The van der Waals surface area contributed by atoms with E-state index in [1.807, 2.05) is 94.1 Å². The normalized spacial score (nSPS) is 26.4. The van der Waals surface area contributed by atoms with Gasteiger partial charge in [-0.25, -0.2) is 0 Å². The summed E-state index contributed by atoms with van der Waals surface area (Å²) in [5, 5.41) is 2.67. The molecule has 0 nitrogen and oxygen atoms in total. The van der Waals surface area contributed by atoms with Crippen molar-refractivity contribution in [1.29, 1.82) is 0 Å². The van der Waals surface area contributed by atoms with Gasteiger partial charge in [0.25, 0.3) is 0 Å². The summed E-state index contributed by atoms with van der Waals surface area (Å²) in [6.07, 6.45) is 6.33. The molecule has 2 unspecified atom stereocenters. The molecule has 39 heavy (non-hydrogen) atoms. The molecule has 2 bridgehead atoms. The molecule has 0 radical (unpaired) electrons. The molecule has 0 saturated heterocycles. The minimum absolute atomic E-state index is 0.597. The topological polar surface area (TPSA) is 0 Å². The fourth-order valence-electron chi connectivity index (χ4n) is 6.25. The Balaban J connectivity index is 0.965. The molecule has 4 heterocycles. The van der Waals surface area contributed by atoms with Crippen molar-refractivity contribution < 1.29 is 0 Å². The van der Waals surface area contributed by atoms with Crippen LogP contribution >= 0.6 is 94.1 Å². The Hall–Kier alpha value is -0.320. The average Bonchev–Trinajstić information content (AvgIpc) is 3.56. The predicted molar refractivity (Wildman–Crippen MR) is 183 cm³/mol. The molecule has 0 saturated carbocycles. The zero-order valence-electron chi connectivity index (χ0n) is 21.1. The molecule has 7 aliphatic rings. The van der Waals surface area contributed by atoms with Crippen molar-refractivity contribution in [3.05, 3.63) is 97.2 Å². The Bertz CT molecular complexity index is 1680. The maximum atomic E-state index is 2.56. The summed E-state index contributed by atoms with van der Waals surface area (Å²) in [5.41, 5.74) is 3.21. The van der Waals surface area contributed by atoms with Gasteiger partial charge in [0.15, 0.2) is 0 Å². The molecule has 0 N–H and O–H groups in total. The van der Waals surface area contributed by atoms with Crippen LogP contribution in [0.3, 0.4) is 0 Å². The van der Waals surface area contributed by atoms with Crippen LogP contribution in [0.4, 0.5) is 0 Å². The summed E-state index contributed by atoms with van der Waals surface area (Å²) in [6, 6.07) is 18.6. The number of hydrogen-bond donors (Lipinski definition) is 0. The van der Waals surface area contributed by atoms with Crippen molar-refractivity contribution in [1.82, 2.24) is 0 Å². The minimum atomic E-state index is 0.597. The third kappa shape index (κ3) is 4.14. The van der Waals surface area contributed by atoms with Gasteiger partial charge in [0.1, 0.15) is 0 Å². The van der Waals surface area contributed by atoms with E-state index in [-0.39, 0.29) is 0 Å². The second-order valence-corrected chi connectivity index (χ2v) is 20.6. The van der Waals surface area contributed by atoms with Crippen LogP contribution in [0.1, 0.15) is 43.2 Å². The van der Waals surface area contributed by atoms with Gasteiger partial charge in [-0.2, -0.15) is 0 Å². The van der Waals surface area contributed by atoms with E-state index in [0.29, 0.717) is 11.8 Å². The van der Waals surface area contributed by atoms with Crippen LogP contribution in [-0.4, -0.2) is 0 Å². The van der Waals surface area contributed by atoms with Crippen molar-refractivity contribution in [3.63, 3.8) is 0 Å². The lowest BCUT2D eigenvalue weighted by atomic mass is 9.63. The Morgan fingerprint density at radius 3 is 1.54 bits per heavy atom. The van der Waals surface area contributed by atoms with Gasteiger partial charge in [-0.05, 0) is 64.4 Å². The Morgan fingerprint density at radius 1 is 0.564 bits per heavy atom. The van der Waals surface area contributed by atoms with Gasteiger partial charge < -0.3 is 0 Å². The molecule has 194 valence electrons. The highest BCUT2D eigenvalue weighted by Gasteiger charge is 2.40. The Morgan fingerprint density at radius 2 is 1.03 bits per heavy atom. The van der Waals surface area contributed by atoms with Gasteiger partial charge in [0.2, 0.25) is 0 Å². The van der Waals surface area contributed by atoms with Crippen molar-refractivity contribution in [2.45, 2.75) is 51.7 Å². The van der Waals surface area contributed by atoms with E-state index in [4.69, 9.17) is 0 Å². The summed E-state index contributed by atoms with van der Waals surface area (Å²) in [5.74, 6) is 2.72. The van der Waals surface area contributed by atoms with Crippen LogP contribution in [0.5, 0.6) is 0 Å². The van der Waals surface area contributed by atoms with Gasteiger partial charge >= 0.3 is 0 Å². The van der Waals surface area contributed by atoms with Crippen molar-refractivity contribution >= 4 is 105 Å². The van der Waals surface area contributed by atoms with E-state index < -0.39 is 0 Å². The zero-order chi connectivity index (χ0) is 25.8. The standard InChI is InChI=1S/C31H22S8/c1-14(2)19-9-17-7-8-18(19)21-13-25-24(12-20(17)21)34-28-29(35-25)39-31(38-28)30-36-26-27(37-30)33-23-11-16-6-4-3-5-15(16)10-22(23)32-26/h3-8,10-14,17-19H,9H2,1-2H3/t17?,18-,19?/m1/s1. The molecule has 10 rings (SSSR count). The lowest BCUT2D eigenvalue weighted by Crippen LogP contribution is -2.29. The van der Waals surface area contributed by atoms with Crippen LogP contribution in [0.2, 0.25) is 0 Å². The highest BCUT2D eigenvalue weighted by atomic mass is 32.3. The summed E-state index contributed by atoms with van der Waals surface area (Å²) in [6.45, 7) is 4.81. The van der Waals surface area contributed by atoms with Crippen LogP contribution in [0, 0.1) is 11.8 Å². The first-order chi connectivity index (χ1) is 19.1. The first-order valence-electron chi connectivity index (χ1n) is 13.1. The van der Waals surface area contributed by atoms with E-state index in [9.17, 15) is 0 Å². The van der Waals surface area contributed by atoms with Crippen molar-refractivity contribution in [2.75, 3.05) is 0 Å².